The average Bonchev–Trinajstić information content (AvgIpc) is 3.49. The number of nitrogens with zero attached hydrogens (tertiary/aromatic N) is 1. The van der Waals surface area contributed by atoms with Gasteiger partial charge in [-0.1, -0.05) is 6.07 Å². The number of furan rings is 1. The van der Waals surface area contributed by atoms with Crippen LogP contribution in [0.1, 0.15) is 30.4 Å². The second-order valence-electron chi connectivity index (χ2n) is 8.79. The van der Waals surface area contributed by atoms with E-state index in [9.17, 15) is 4.79 Å². The molecule has 2 aromatic heterocycles. The van der Waals surface area contributed by atoms with Gasteiger partial charge in [0.2, 0.25) is 0 Å². The number of fused-ring (bicyclic) bond motifs is 3. The van der Waals surface area contributed by atoms with Crippen LogP contribution in [0.5, 0.6) is 0 Å². The van der Waals surface area contributed by atoms with Gasteiger partial charge in [0.15, 0.2) is 6.10 Å². The van der Waals surface area contributed by atoms with E-state index in [1.165, 1.54) is 0 Å². The number of nitrogens with one attached hydrogen (secondary N) is 1. The molecule has 0 spiro atoms. The van der Waals surface area contributed by atoms with Crippen LogP contribution in [0.2, 0.25) is 0 Å². The summed E-state index contributed by atoms with van der Waals surface area (Å²) in [5.74, 6) is 1.13. The SMILES string of the molecule is COCCOCC[N+]12CCC(CC1)[C@@H](OC(=O)NC(C)(c1ccco1)c1cccs1)C2. The van der Waals surface area contributed by atoms with Crippen molar-refractivity contribution in [1.29, 1.82) is 0 Å². The van der Waals surface area contributed by atoms with E-state index in [0.717, 1.165) is 48.4 Å². The van der Waals surface area contributed by atoms with Crippen LogP contribution in [-0.2, 0) is 19.7 Å². The van der Waals surface area contributed by atoms with Crippen molar-refractivity contribution >= 4 is 17.4 Å². The van der Waals surface area contributed by atoms with Gasteiger partial charge in [-0.15, -0.1) is 11.3 Å². The van der Waals surface area contributed by atoms with E-state index < -0.39 is 5.54 Å². The van der Waals surface area contributed by atoms with Crippen molar-refractivity contribution in [3.8, 4) is 0 Å². The first kappa shape index (κ1) is 22.3. The molecular weight excluding hydrogens is 416 g/mol. The molecule has 31 heavy (non-hydrogen) atoms. The van der Waals surface area contributed by atoms with Crippen LogP contribution >= 0.6 is 11.3 Å². The minimum Gasteiger partial charge on any atom is -0.466 e. The topological polar surface area (TPSA) is 69.9 Å². The summed E-state index contributed by atoms with van der Waals surface area (Å²) in [7, 11) is 1.68. The van der Waals surface area contributed by atoms with Crippen LogP contribution in [0.15, 0.2) is 40.3 Å². The molecule has 1 unspecified atom stereocenters. The van der Waals surface area contributed by atoms with E-state index in [4.69, 9.17) is 18.6 Å². The van der Waals surface area contributed by atoms with Crippen molar-refractivity contribution in [2.75, 3.05) is 53.1 Å². The number of piperidine rings is 3. The Kier molecular flexibility index (Phi) is 7.01. The zero-order valence-electron chi connectivity index (χ0n) is 18.4. The Bertz CT molecular complexity index is 781. The number of hydrogen-bond acceptors (Lipinski definition) is 6. The molecule has 2 aromatic rings. The normalized spacial score (nSPS) is 27.0. The van der Waals surface area contributed by atoms with Gasteiger partial charge in [0.25, 0.3) is 0 Å². The molecule has 5 heterocycles. The molecule has 7 nitrogen and oxygen atoms in total. The van der Waals surface area contributed by atoms with E-state index in [1.54, 1.807) is 24.7 Å². The molecule has 3 fully saturated rings. The van der Waals surface area contributed by atoms with Crippen molar-refractivity contribution < 1.29 is 27.9 Å². The molecule has 8 heteroatoms. The van der Waals surface area contributed by atoms with Crippen LogP contribution < -0.4 is 5.32 Å². The van der Waals surface area contributed by atoms with Crippen molar-refractivity contribution in [1.82, 2.24) is 5.32 Å². The zero-order chi connectivity index (χ0) is 21.7. The number of carbonyl (C=O) groups is 1. The van der Waals surface area contributed by atoms with Crippen molar-refractivity contribution in [3.63, 3.8) is 0 Å². The Morgan fingerprint density at radius 1 is 1.26 bits per heavy atom. The highest BCUT2D eigenvalue weighted by Crippen LogP contribution is 2.36. The fraction of sp³-hybridized carbons (Fsp3) is 0.609. The molecular formula is C23H33N2O5S+. The van der Waals surface area contributed by atoms with Gasteiger partial charge in [0.05, 0.1) is 39.2 Å². The predicted octanol–water partition coefficient (Wildman–Crippen LogP) is 3.60. The molecule has 0 radical (unpaired) electrons. The van der Waals surface area contributed by atoms with Gasteiger partial charge >= 0.3 is 6.09 Å². The van der Waals surface area contributed by atoms with E-state index >= 15 is 0 Å². The highest BCUT2D eigenvalue weighted by atomic mass is 32.1. The van der Waals surface area contributed by atoms with Crippen LogP contribution in [-0.4, -0.2) is 69.8 Å². The van der Waals surface area contributed by atoms with Gasteiger partial charge in [0, 0.05) is 30.7 Å². The van der Waals surface area contributed by atoms with E-state index in [0.29, 0.717) is 31.5 Å². The monoisotopic (exact) mass is 449 g/mol. The first-order valence-electron chi connectivity index (χ1n) is 11.0. The number of rotatable bonds is 10. The molecule has 1 amide bonds. The second-order valence-corrected chi connectivity index (χ2v) is 9.73. The van der Waals surface area contributed by atoms with E-state index in [-0.39, 0.29) is 12.2 Å². The Morgan fingerprint density at radius 2 is 2.10 bits per heavy atom. The maximum Gasteiger partial charge on any atom is 0.408 e. The molecule has 170 valence electrons. The van der Waals surface area contributed by atoms with Crippen LogP contribution in [0.4, 0.5) is 4.79 Å². The van der Waals surface area contributed by atoms with Crippen molar-refractivity contribution in [3.05, 3.63) is 46.5 Å². The van der Waals surface area contributed by atoms with Gasteiger partial charge in [-0.3, -0.25) is 0 Å². The lowest BCUT2D eigenvalue weighted by atomic mass is 9.83. The molecule has 0 saturated carbocycles. The number of thiophene rings is 1. The van der Waals surface area contributed by atoms with E-state index in [1.807, 2.05) is 36.6 Å². The van der Waals surface area contributed by atoms with Crippen LogP contribution in [0.25, 0.3) is 0 Å². The summed E-state index contributed by atoms with van der Waals surface area (Å²) in [5.41, 5.74) is -0.760. The Labute approximate surface area is 187 Å². The Morgan fingerprint density at radius 3 is 2.77 bits per heavy atom. The maximum absolute atomic E-state index is 13.0. The minimum atomic E-state index is -0.760. The summed E-state index contributed by atoms with van der Waals surface area (Å²) in [4.78, 5) is 14.0. The number of quaternary nitrogens is 1. The summed E-state index contributed by atoms with van der Waals surface area (Å²) in [6, 6.07) is 7.71. The lowest BCUT2D eigenvalue weighted by molar-refractivity contribution is -0.946. The molecule has 2 atom stereocenters. The summed E-state index contributed by atoms with van der Waals surface area (Å²) in [5, 5.41) is 5.09. The summed E-state index contributed by atoms with van der Waals surface area (Å²) >= 11 is 1.59. The molecule has 2 bridgehead atoms. The Hall–Kier alpha value is -1.87. The van der Waals surface area contributed by atoms with Crippen LogP contribution in [0.3, 0.4) is 0 Å². The Balaban J connectivity index is 1.38. The zero-order valence-corrected chi connectivity index (χ0v) is 19.2. The first-order valence-corrected chi connectivity index (χ1v) is 11.9. The van der Waals surface area contributed by atoms with Crippen LogP contribution in [0, 0.1) is 5.92 Å². The molecule has 0 aliphatic carbocycles. The number of amides is 1. The predicted molar refractivity (Wildman–Crippen MR) is 118 cm³/mol. The maximum atomic E-state index is 13.0. The number of carbonyl (C=O) groups excluding carboxylic acids is 1. The lowest BCUT2D eigenvalue weighted by Crippen LogP contribution is -2.65. The van der Waals surface area contributed by atoms with Crippen molar-refractivity contribution in [2.24, 2.45) is 5.92 Å². The van der Waals surface area contributed by atoms with E-state index in [2.05, 4.69) is 5.32 Å². The number of ether oxygens (including phenoxy) is 3. The summed E-state index contributed by atoms with van der Waals surface area (Å²) in [6.07, 6.45) is 3.36. The summed E-state index contributed by atoms with van der Waals surface area (Å²) in [6.45, 7) is 8.00. The van der Waals surface area contributed by atoms with Crippen molar-refractivity contribution in [2.45, 2.75) is 31.4 Å². The molecule has 3 aliphatic rings. The highest BCUT2D eigenvalue weighted by molar-refractivity contribution is 7.10. The molecule has 3 aliphatic heterocycles. The van der Waals surface area contributed by atoms with Gasteiger partial charge in [-0.2, -0.15) is 0 Å². The minimum absolute atomic E-state index is 0.0642. The third-order valence-corrected chi connectivity index (χ3v) is 7.91. The third kappa shape index (κ3) is 4.98. The molecule has 3 saturated heterocycles. The number of hydrogen-bond donors (Lipinski definition) is 1. The number of alkyl carbamates (subject to hydrolysis) is 1. The fourth-order valence-electron chi connectivity index (χ4n) is 4.91. The third-order valence-electron chi connectivity index (χ3n) is 6.82. The fourth-order valence-corrected chi connectivity index (χ4v) is 5.76. The molecule has 5 rings (SSSR count). The highest BCUT2D eigenvalue weighted by Gasteiger charge is 2.48. The quantitative estimate of drug-likeness (QED) is 0.443. The van der Waals surface area contributed by atoms with Gasteiger partial charge in [-0.25, -0.2) is 4.79 Å². The first-order chi connectivity index (χ1) is 15.0. The number of methoxy groups -OCH3 is 1. The molecule has 0 aromatic carbocycles. The molecule has 1 N–H and O–H groups in total. The standard InChI is InChI=1S/C23H32N2O5S/c1-23(20-5-3-12-29-20,21-6-4-16-31-21)24-22(26)30-19-17-25(9-7-18(19)8-10-25)11-13-28-15-14-27-2/h3-6,12,16,18-19H,7-11,13-15,17H2,1-2H3/p+1/t18?,19-,23?,25?/m0/s1. The van der Waals surface area contributed by atoms with Gasteiger partial charge in [-0.05, 0) is 30.5 Å². The lowest BCUT2D eigenvalue weighted by Gasteiger charge is -2.52. The van der Waals surface area contributed by atoms with Gasteiger partial charge < -0.3 is 28.4 Å². The van der Waals surface area contributed by atoms with Gasteiger partial charge in [0.1, 0.15) is 24.4 Å². The largest absolute Gasteiger partial charge is 0.466 e. The second kappa shape index (κ2) is 9.73. The smallest absolute Gasteiger partial charge is 0.408 e. The summed E-state index contributed by atoms with van der Waals surface area (Å²) < 4.78 is 23.4. The average molecular weight is 450 g/mol.